The van der Waals surface area contributed by atoms with Crippen LogP contribution in [0.1, 0.15) is 143 Å². The molecule has 2 aromatic heterocycles. The van der Waals surface area contributed by atoms with E-state index < -0.39 is 73.9 Å². The van der Waals surface area contributed by atoms with E-state index in [1.807, 2.05) is 94.4 Å². The van der Waals surface area contributed by atoms with Crippen molar-refractivity contribution in [2.45, 2.75) is 112 Å². The average Bonchev–Trinajstić information content (AvgIpc) is 3.69. The molecule has 320 valence electrons. The number of hydrogen-bond donors (Lipinski definition) is 1. The van der Waals surface area contributed by atoms with E-state index in [2.05, 4.69) is 18.8 Å². The van der Waals surface area contributed by atoms with E-state index in [1.54, 1.807) is 43.5 Å². The van der Waals surface area contributed by atoms with Gasteiger partial charge in [0.2, 0.25) is 0 Å². The molecule has 4 nitrogen and oxygen atoms in total. The predicted molar refractivity (Wildman–Crippen MR) is 267 cm³/mol. The maximum absolute atomic E-state index is 11.9. The van der Waals surface area contributed by atoms with Gasteiger partial charge >= 0.3 is 0 Å². The number of aromatic hydroxyl groups is 1. The van der Waals surface area contributed by atoms with Crippen LogP contribution in [0.3, 0.4) is 0 Å². The number of rotatable bonds is 8. The minimum atomic E-state index is -3.83. The van der Waals surface area contributed by atoms with Crippen LogP contribution < -0.4 is 0 Å². The Balaban J connectivity index is 1.39. The summed E-state index contributed by atoms with van der Waals surface area (Å²) in [6, 6.07) is 25.1. The van der Waals surface area contributed by atoms with E-state index in [9.17, 15) is 5.11 Å². The maximum Gasteiger partial charge on any atom is 0.149 e. The smallest absolute Gasteiger partial charge is 0.149 e. The van der Waals surface area contributed by atoms with Crippen molar-refractivity contribution >= 4 is 11.0 Å². The van der Waals surface area contributed by atoms with Crippen molar-refractivity contribution in [1.29, 1.82) is 0 Å². The van der Waals surface area contributed by atoms with Crippen molar-refractivity contribution in [3.05, 3.63) is 166 Å². The molecule has 0 amide bonds. The van der Waals surface area contributed by atoms with Crippen molar-refractivity contribution in [3.63, 3.8) is 0 Å². The fourth-order valence-corrected chi connectivity index (χ4v) is 8.32. The van der Waals surface area contributed by atoms with Gasteiger partial charge in [-0.25, -0.2) is 4.98 Å². The third kappa shape index (κ3) is 8.36. The van der Waals surface area contributed by atoms with Crippen molar-refractivity contribution in [2.75, 3.05) is 0 Å². The molecule has 0 fully saturated rings. The number of benzene rings is 6. The molecule has 0 atom stereocenters. The van der Waals surface area contributed by atoms with E-state index >= 15 is 0 Å². The molecule has 0 aliphatic carbocycles. The number of pyridine rings is 1. The zero-order valence-corrected chi connectivity index (χ0v) is 37.2. The van der Waals surface area contributed by atoms with Crippen molar-refractivity contribution in [2.24, 2.45) is 0 Å². The SMILES string of the molecule is [2H]c1c([2H])c(C(C([2H])([2H])[2H])(C([2H])([2H])[2H])C([2H])([2H])[2H])c([2H])c([2H])c1-c1ccnc(-c2cc(-c3cccc4c3nc(-c3cc(C)cc(C)c3O)n4-c3ccc(-c4c(C(C)C)cccc4C([2H])(C)C)cc3C([2H])([2H])[2H])cc(C(C)(C)C)c2)c1. The lowest BCUT2D eigenvalue weighted by atomic mass is 9.83. The van der Waals surface area contributed by atoms with Gasteiger partial charge in [-0.15, -0.1) is 0 Å². The Morgan fingerprint density at radius 3 is 2.10 bits per heavy atom. The summed E-state index contributed by atoms with van der Waals surface area (Å²) < 4.78 is 149. The minimum absolute atomic E-state index is 0.0163. The summed E-state index contributed by atoms with van der Waals surface area (Å²) in [5, 5.41) is 11.9. The molecule has 2 heterocycles. The molecule has 4 heteroatoms. The van der Waals surface area contributed by atoms with Gasteiger partial charge in [0, 0.05) is 35.1 Å². The maximum atomic E-state index is 11.9. The lowest BCUT2D eigenvalue weighted by Gasteiger charge is -2.22. The molecule has 6 aromatic carbocycles. The van der Waals surface area contributed by atoms with Crippen LogP contribution >= 0.6 is 0 Å². The van der Waals surface area contributed by atoms with Crippen LogP contribution in [0.2, 0.25) is 0 Å². The number of hydrogen-bond acceptors (Lipinski definition) is 3. The van der Waals surface area contributed by atoms with Crippen LogP contribution in [-0.2, 0) is 10.8 Å². The highest BCUT2D eigenvalue weighted by molar-refractivity contribution is 5.97. The van der Waals surface area contributed by atoms with Gasteiger partial charge in [0.05, 0.1) is 33.5 Å². The summed E-state index contributed by atoms with van der Waals surface area (Å²) in [5.74, 6) is -0.752. The van der Waals surface area contributed by atoms with Crippen LogP contribution in [-0.4, -0.2) is 19.6 Å². The Kier molecular flexibility index (Phi) is 7.06. The second kappa shape index (κ2) is 16.5. The summed E-state index contributed by atoms with van der Waals surface area (Å²) in [6.07, 6.45) is 1.39. The molecule has 1 N–H and O–H groups in total. The standard InChI is InChI=1S/C59H63N3O/c1-35(2)47-16-14-17-48(36(3)4)54(47)42-22-25-52(38(6)30-42)62-53-19-15-18-49(55(53)61-57(62)50-29-37(5)28-39(7)56(50)63)43-31-44(33-46(32-43)59(11,12)13)51-34-41(26-27-60-51)40-20-23-45(24-21-40)58(8,9)10/h14-36,63H,1-13H3/i6D3,8D3,9D3,10D3,20D,21D,23D,24D,35D. The second-order valence-electron chi connectivity index (χ2n) is 18.1. The van der Waals surface area contributed by atoms with E-state index in [0.717, 1.165) is 27.8 Å². The van der Waals surface area contributed by atoms with Crippen LogP contribution in [0, 0.1) is 20.7 Å². The zero-order chi connectivity index (χ0) is 59.5. The fraction of sp³-hybridized carbons (Fsp3) is 0.288. The Bertz CT molecular complexity index is 3690. The monoisotopic (exact) mass is 847 g/mol. The van der Waals surface area contributed by atoms with Gasteiger partial charge in [-0.1, -0.05) is 142 Å². The molecular weight excluding hydrogens is 767 g/mol. The molecule has 0 radical (unpaired) electrons. The molecule has 0 aliphatic heterocycles. The molecular formula is C59H63N3O. The van der Waals surface area contributed by atoms with Crippen LogP contribution in [0.25, 0.3) is 72.7 Å². The van der Waals surface area contributed by atoms with Crippen LogP contribution in [0.5, 0.6) is 5.75 Å². The van der Waals surface area contributed by atoms with Gasteiger partial charge in [0.25, 0.3) is 0 Å². The Labute approximate surface area is 399 Å². The van der Waals surface area contributed by atoms with Crippen molar-refractivity contribution in [1.82, 2.24) is 14.5 Å². The molecule has 0 spiro atoms. The topological polar surface area (TPSA) is 50.9 Å². The van der Waals surface area contributed by atoms with Gasteiger partial charge in [0.1, 0.15) is 11.6 Å². The average molecular weight is 847 g/mol. The highest BCUT2D eigenvalue weighted by Gasteiger charge is 2.25. The quantitative estimate of drug-likeness (QED) is 0.166. The lowest BCUT2D eigenvalue weighted by Crippen LogP contribution is -2.11. The molecule has 0 aliphatic rings. The number of phenolic OH excluding ortho intramolecular Hbond substituents is 1. The first-order chi connectivity index (χ1) is 36.7. The third-order valence-electron chi connectivity index (χ3n) is 11.6. The number of aromatic nitrogens is 3. The number of imidazole rings is 1. The van der Waals surface area contributed by atoms with Gasteiger partial charge in [-0.3, -0.25) is 9.55 Å². The lowest BCUT2D eigenvalue weighted by molar-refractivity contribution is 0.472. The number of fused-ring (bicyclic) bond motifs is 1. The molecule has 63 heavy (non-hydrogen) atoms. The summed E-state index contributed by atoms with van der Waals surface area (Å²) in [4.78, 5) is 10.00. The number of para-hydroxylation sites is 1. The molecule has 0 unspecified atom stereocenters. The number of nitrogens with zero attached hydrogens (tertiary/aromatic N) is 3. The van der Waals surface area contributed by atoms with Crippen LogP contribution in [0.4, 0.5) is 0 Å². The van der Waals surface area contributed by atoms with Gasteiger partial charge < -0.3 is 5.11 Å². The third-order valence-corrected chi connectivity index (χ3v) is 11.6. The van der Waals surface area contributed by atoms with Gasteiger partial charge in [-0.2, -0.15) is 0 Å². The highest BCUT2D eigenvalue weighted by atomic mass is 16.3. The molecule has 0 bridgehead atoms. The molecule has 8 rings (SSSR count). The molecule has 0 saturated carbocycles. The summed E-state index contributed by atoms with van der Waals surface area (Å²) in [5.41, 5.74) is 3.32. The van der Waals surface area contributed by atoms with Crippen molar-refractivity contribution < 1.29 is 28.4 Å². The van der Waals surface area contributed by atoms with Crippen molar-refractivity contribution in [3.8, 4) is 67.5 Å². The van der Waals surface area contributed by atoms with E-state index in [-0.39, 0.29) is 34.2 Å². The zero-order valence-electron chi connectivity index (χ0n) is 54.2. The number of phenols is 1. The minimum Gasteiger partial charge on any atom is -0.507 e. The number of aryl methyl sites for hydroxylation is 3. The molecule has 8 aromatic rings. The van der Waals surface area contributed by atoms with Gasteiger partial charge in [-0.05, 0) is 159 Å². The predicted octanol–water partition coefficient (Wildman–Crippen LogP) is 16.2. The fourth-order valence-electron chi connectivity index (χ4n) is 8.32. The summed E-state index contributed by atoms with van der Waals surface area (Å²) in [6.45, 7) is 3.29. The molecule has 0 saturated heterocycles. The van der Waals surface area contributed by atoms with E-state index in [4.69, 9.17) is 28.3 Å². The highest BCUT2D eigenvalue weighted by Crippen LogP contribution is 2.43. The van der Waals surface area contributed by atoms with Crippen LogP contribution in [0.15, 0.2) is 127 Å². The van der Waals surface area contributed by atoms with E-state index in [1.165, 1.54) is 18.3 Å². The first-order valence-corrected chi connectivity index (χ1v) is 21.1. The Morgan fingerprint density at radius 1 is 0.667 bits per heavy atom. The van der Waals surface area contributed by atoms with Gasteiger partial charge in [0.15, 0.2) is 0 Å². The Morgan fingerprint density at radius 2 is 1.40 bits per heavy atom. The first-order valence-electron chi connectivity index (χ1n) is 29.6. The summed E-state index contributed by atoms with van der Waals surface area (Å²) in [7, 11) is 0. The second-order valence-corrected chi connectivity index (χ2v) is 18.1. The normalized spacial score (nSPS) is 17.1. The Hall–Kier alpha value is -6.26. The first kappa shape index (κ1) is 27.0. The largest absolute Gasteiger partial charge is 0.507 e. The van der Waals surface area contributed by atoms with E-state index in [0.29, 0.717) is 55.8 Å². The summed E-state index contributed by atoms with van der Waals surface area (Å²) >= 11 is 0.